The molecule has 2 rings (SSSR count). The number of hydrogen-bond donors (Lipinski definition) is 2. The lowest BCUT2D eigenvalue weighted by Gasteiger charge is -2.22. The molecule has 2 N–H and O–H groups in total. The smallest absolute Gasteiger partial charge is 0.412 e. The molecule has 0 saturated heterocycles. The molecule has 0 saturated carbocycles. The number of benzene rings is 1. The molecule has 2 aromatic rings. The van der Waals surface area contributed by atoms with Crippen LogP contribution in [0.1, 0.15) is 39.3 Å². The molecule has 0 spiro atoms. The number of rotatable bonds is 4. The van der Waals surface area contributed by atoms with Crippen LogP contribution in [-0.4, -0.2) is 16.7 Å². The second kappa shape index (κ2) is 7.13. The number of nitrogens with one attached hydrogen (secondary N) is 2. The highest BCUT2D eigenvalue weighted by Crippen LogP contribution is 2.26. The Bertz CT molecular complexity index is 651. The summed E-state index contributed by atoms with van der Waals surface area (Å²) in [5, 5.41) is 6.18. The molecule has 0 fully saturated rings. The van der Waals surface area contributed by atoms with Crippen molar-refractivity contribution < 1.29 is 9.53 Å². The van der Waals surface area contributed by atoms with Crippen LogP contribution in [0.5, 0.6) is 0 Å². The van der Waals surface area contributed by atoms with Crippen LogP contribution < -0.4 is 10.6 Å². The lowest BCUT2D eigenvalue weighted by atomic mass is 10.1. The fourth-order valence-electron chi connectivity index (χ4n) is 2.10. The van der Waals surface area contributed by atoms with E-state index in [1.165, 1.54) is 0 Å². The Morgan fingerprint density at radius 2 is 1.70 bits per heavy atom. The molecular formula is C18H23N3O2. The minimum atomic E-state index is -0.531. The summed E-state index contributed by atoms with van der Waals surface area (Å²) in [5.74, 6) is 0. The average Bonchev–Trinajstić information content (AvgIpc) is 2.48. The van der Waals surface area contributed by atoms with Crippen LogP contribution in [0.15, 0.2) is 48.8 Å². The van der Waals surface area contributed by atoms with Crippen molar-refractivity contribution >= 4 is 17.5 Å². The zero-order chi connectivity index (χ0) is 16.9. The van der Waals surface area contributed by atoms with E-state index in [-0.39, 0.29) is 6.04 Å². The van der Waals surface area contributed by atoms with Gasteiger partial charge in [-0.05, 0) is 57.5 Å². The molecular weight excluding hydrogens is 290 g/mol. The van der Waals surface area contributed by atoms with Crippen LogP contribution in [0.4, 0.5) is 16.2 Å². The summed E-state index contributed by atoms with van der Waals surface area (Å²) in [6.45, 7) is 7.56. The number of para-hydroxylation sites is 2. The zero-order valence-electron chi connectivity index (χ0n) is 14.0. The van der Waals surface area contributed by atoms with E-state index in [0.29, 0.717) is 5.69 Å². The fourth-order valence-corrected chi connectivity index (χ4v) is 2.10. The monoisotopic (exact) mass is 313 g/mol. The van der Waals surface area contributed by atoms with Crippen molar-refractivity contribution in [2.24, 2.45) is 0 Å². The first-order valence-electron chi connectivity index (χ1n) is 7.60. The van der Waals surface area contributed by atoms with Gasteiger partial charge in [-0.15, -0.1) is 0 Å². The Kier molecular flexibility index (Phi) is 5.21. The maximum Gasteiger partial charge on any atom is 0.412 e. The molecule has 0 aliphatic carbocycles. The molecule has 1 aromatic heterocycles. The van der Waals surface area contributed by atoms with Crippen molar-refractivity contribution in [1.82, 2.24) is 4.98 Å². The topological polar surface area (TPSA) is 63.2 Å². The third-order valence-electron chi connectivity index (χ3n) is 3.14. The number of ether oxygens (including phenoxy) is 1. The fraction of sp³-hybridized carbons (Fsp3) is 0.333. The van der Waals surface area contributed by atoms with Crippen molar-refractivity contribution in [3.05, 3.63) is 54.4 Å². The zero-order valence-corrected chi connectivity index (χ0v) is 14.0. The highest BCUT2D eigenvalue weighted by molar-refractivity contribution is 5.89. The quantitative estimate of drug-likeness (QED) is 0.865. The number of pyridine rings is 1. The van der Waals surface area contributed by atoms with Crippen LogP contribution >= 0.6 is 0 Å². The first kappa shape index (κ1) is 16.8. The van der Waals surface area contributed by atoms with Crippen molar-refractivity contribution in [3.63, 3.8) is 0 Å². The first-order valence-corrected chi connectivity index (χ1v) is 7.60. The highest BCUT2D eigenvalue weighted by atomic mass is 16.6. The number of carbonyl (C=O) groups is 1. The van der Waals surface area contributed by atoms with E-state index in [2.05, 4.69) is 22.5 Å². The van der Waals surface area contributed by atoms with Gasteiger partial charge in [0.2, 0.25) is 0 Å². The number of anilines is 2. The van der Waals surface area contributed by atoms with Gasteiger partial charge in [-0.2, -0.15) is 0 Å². The molecule has 5 heteroatoms. The molecule has 0 bridgehead atoms. The largest absolute Gasteiger partial charge is 0.444 e. The molecule has 1 unspecified atom stereocenters. The van der Waals surface area contributed by atoms with Crippen molar-refractivity contribution in [2.75, 3.05) is 10.6 Å². The minimum Gasteiger partial charge on any atom is -0.444 e. The van der Waals surface area contributed by atoms with Gasteiger partial charge in [-0.3, -0.25) is 10.3 Å². The van der Waals surface area contributed by atoms with E-state index in [1.807, 2.05) is 57.2 Å². The van der Waals surface area contributed by atoms with Gasteiger partial charge >= 0.3 is 6.09 Å². The molecule has 0 aliphatic heterocycles. The van der Waals surface area contributed by atoms with E-state index in [0.717, 1.165) is 11.3 Å². The molecule has 0 radical (unpaired) electrons. The average molecular weight is 313 g/mol. The van der Waals surface area contributed by atoms with E-state index >= 15 is 0 Å². The van der Waals surface area contributed by atoms with Crippen LogP contribution in [0.25, 0.3) is 0 Å². The Morgan fingerprint density at radius 1 is 1.09 bits per heavy atom. The summed E-state index contributed by atoms with van der Waals surface area (Å²) >= 11 is 0. The van der Waals surface area contributed by atoms with Gasteiger partial charge in [-0.1, -0.05) is 12.1 Å². The SMILES string of the molecule is CC(Nc1ccccc1NC(=O)OC(C)(C)C)c1ccncc1. The second-order valence-corrected chi connectivity index (χ2v) is 6.32. The summed E-state index contributed by atoms with van der Waals surface area (Å²) < 4.78 is 5.30. The number of hydrogen-bond acceptors (Lipinski definition) is 4. The van der Waals surface area contributed by atoms with Crippen LogP contribution in [0.2, 0.25) is 0 Å². The maximum atomic E-state index is 12.0. The molecule has 23 heavy (non-hydrogen) atoms. The summed E-state index contributed by atoms with van der Waals surface area (Å²) in [6.07, 6.45) is 3.06. The number of aromatic nitrogens is 1. The van der Waals surface area contributed by atoms with Crippen molar-refractivity contribution in [1.29, 1.82) is 0 Å². The molecule has 1 amide bonds. The second-order valence-electron chi connectivity index (χ2n) is 6.32. The van der Waals surface area contributed by atoms with E-state index < -0.39 is 11.7 Å². The van der Waals surface area contributed by atoms with Gasteiger partial charge in [0.15, 0.2) is 0 Å². The highest BCUT2D eigenvalue weighted by Gasteiger charge is 2.17. The van der Waals surface area contributed by atoms with Gasteiger partial charge < -0.3 is 10.1 Å². The predicted molar refractivity (Wildman–Crippen MR) is 92.6 cm³/mol. The van der Waals surface area contributed by atoms with E-state index in [9.17, 15) is 4.79 Å². The van der Waals surface area contributed by atoms with Crippen molar-refractivity contribution in [3.8, 4) is 0 Å². The number of carbonyl (C=O) groups excluding carboxylic acids is 1. The van der Waals surface area contributed by atoms with Gasteiger partial charge in [0.05, 0.1) is 11.4 Å². The molecule has 122 valence electrons. The summed E-state index contributed by atoms with van der Waals surface area (Å²) in [6, 6.07) is 11.6. The van der Waals surface area contributed by atoms with E-state index in [1.54, 1.807) is 12.4 Å². The number of nitrogens with zero attached hydrogens (tertiary/aromatic N) is 1. The summed E-state index contributed by atoms with van der Waals surface area (Å²) in [4.78, 5) is 16.0. The first-order chi connectivity index (χ1) is 10.8. The van der Waals surface area contributed by atoms with Crippen LogP contribution in [0.3, 0.4) is 0 Å². The minimum absolute atomic E-state index is 0.0830. The lowest BCUT2D eigenvalue weighted by Crippen LogP contribution is -2.27. The maximum absolute atomic E-state index is 12.0. The molecule has 1 atom stereocenters. The standard InChI is InChI=1S/C18H23N3O2/c1-13(14-9-11-19-12-10-14)20-15-7-5-6-8-16(15)21-17(22)23-18(2,3)4/h5-13,20H,1-4H3,(H,21,22). The van der Waals surface area contributed by atoms with Gasteiger partial charge in [0, 0.05) is 18.4 Å². The van der Waals surface area contributed by atoms with Gasteiger partial charge in [-0.25, -0.2) is 4.79 Å². The van der Waals surface area contributed by atoms with Crippen molar-refractivity contribution in [2.45, 2.75) is 39.3 Å². The molecule has 5 nitrogen and oxygen atoms in total. The molecule has 1 heterocycles. The number of amides is 1. The van der Waals surface area contributed by atoms with Crippen LogP contribution in [-0.2, 0) is 4.74 Å². The Balaban J connectivity index is 2.10. The third kappa shape index (κ3) is 5.29. The Labute approximate surface area is 137 Å². The molecule has 1 aromatic carbocycles. The Hall–Kier alpha value is -2.56. The predicted octanol–water partition coefficient (Wildman–Crippen LogP) is 4.60. The van der Waals surface area contributed by atoms with E-state index in [4.69, 9.17) is 4.74 Å². The summed E-state index contributed by atoms with van der Waals surface area (Å²) in [7, 11) is 0. The Morgan fingerprint density at radius 3 is 2.30 bits per heavy atom. The third-order valence-corrected chi connectivity index (χ3v) is 3.14. The summed E-state index contributed by atoms with van der Waals surface area (Å²) in [5.41, 5.74) is 2.11. The normalized spacial score (nSPS) is 12.3. The van der Waals surface area contributed by atoms with Crippen LogP contribution in [0, 0.1) is 0 Å². The van der Waals surface area contributed by atoms with Gasteiger partial charge in [0.25, 0.3) is 0 Å². The lowest BCUT2D eigenvalue weighted by molar-refractivity contribution is 0.0636. The van der Waals surface area contributed by atoms with Gasteiger partial charge in [0.1, 0.15) is 5.60 Å². The molecule has 0 aliphatic rings.